The maximum atomic E-state index is 10.1. The maximum Gasteiger partial charge on any atom is 0.189 e. The summed E-state index contributed by atoms with van der Waals surface area (Å²) in [5, 5.41) is 7.26. The maximum absolute atomic E-state index is 10.1. The molecule has 2 rings (SSSR count). The minimum atomic E-state index is 0.475. The fraction of sp³-hybridized carbons (Fsp3) is 0.333. The highest BCUT2D eigenvalue weighted by Gasteiger charge is 2.19. The zero-order chi connectivity index (χ0) is 11.4. The lowest BCUT2D eigenvalue weighted by Crippen LogP contribution is -2.23. The molecule has 0 spiro atoms. The minimum Gasteiger partial charge on any atom is -0.344 e. The Hall–Kier alpha value is -1.14. The molecule has 1 aromatic heterocycles. The van der Waals surface area contributed by atoms with Crippen LogP contribution in [0.2, 0.25) is 5.15 Å². The number of nitroso groups, excluding NO2 is 1. The summed E-state index contributed by atoms with van der Waals surface area (Å²) in [5.74, 6) is 0.926. The Balaban J connectivity index is 2.06. The molecule has 0 saturated carbocycles. The summed E-state index contributed by atoms with van der Waals surface area (Å²) in [7, 11) is 0. The molecular formula is C9H9ClN4OS. The third-order valence-electron chi connectivity index (χ3n) is 2.15. The van der Waals surface area contributed by atoms with Gasteiger partial charge in [-0.3, -0.25) is 0 Å². The third-order valence-corrected chi connectivity index (χ3v) is 3.36. The average molecular weight is 257 g/mol. The molecule has 84 valence electrons. The number of amidine groups is 1. The van der Waals surface area contributed by atoms with E-state index in [1.165, 1.54) is 11.8 Å². The summed E-state index contributed by atoms with van der Waals surface area (Å²) in [5.41, 5.74) is 1.03. The monoisotopic (exact) mass is 256 g/mol. The molecule has 0 radical (unpaired) electrons. The molecule has 0 aromatic carbocycles. The van der Waals surface area contributed by atoms with Crippen molar-refractivity contribution in [3.8, 4) is 0 Å². The lowest BCUT2D eigenvalue weighted by Gasteiger charge is -2.16. The summed E-state index contributed by atoms with van der Waals surface area (Å²) >= 11 is 7.23. The van der Waals surface area contributed by atoms with Crippen LogP contribution in [-0.4, -0.2) is 27.3 Å². The van der Waals surface area contributed by atoms with E-state index in [1.807, 2.05) is 11.0 Å². The molecule has 7 heteroatoms. The molecule has 0 unspecified atom stereocenters. The van der Waals surface area contributed by atoms with Crippen molar-refractivity contribution in [1.82, 2.24) is 9.88 Å². The molecule has 1 aromatic rings. The van der Waals surface area contributed by atoms with Crippen molar-refractivity contribution in [2.45, 2.75) is 6.54 Å². The van der Waals surface area contributed by atoms with E-state index in [-0.39, 0.29) is 0 Å². The van der Waals surface area contributed by atoms with Crippen molar-refractivity contribution < 1.29 is 0 Å². The molecule has 1 aliphatic heterocycles. The van der Waals surface area contributed by atoms with Crippen LogP contribution < -0.4 is 0 Å². The number of hydrogen-bond acceptors (Lipinski definition) is 4. The average Bonchev–Trinajstić information content (AvgIpc) is 2.70. The van der Waals surface area contributed by atoms with Gasteiger partial charge in [0.15, 0.2) is 5.17 Å². The number of rotatable bonds is 3. The molecule has 0 aliphatic carbocycles. The van der Waals surface area contributed by atoms with Crippen LogP contribution >= 0.6 is 23.4 Å². The highest BCUT2D eigenvalue weighted by Crippen LogP contribution is 2.20. The van der Waals surface area contributed by atoms with Gasteiger partial charge in [-0.05, 0) is 11.6 Å². The normalized spacial score (nSPS) is 18.1. The Morgan fingerprint density at radius 3 is 3.12 bits per heavy atom. The minimum absolute atomic E-state index is 0.475. The Morgan fingerprint density at radius 2 is 2.44 bits per heavy atom. The van der Waals surface area contributed by atoms with Gasteiger partial charge in [-0.15, -0.1) is 4.91 Å². The molecule has 0 N–H and O–H groups in total. The van der Waals surface area contributed by atoms with Gasteiger partial charge in [0, 0.05) is 25.0 Å². The number of nitrogens with zero attached hydrogens (tertiary/aromatic N) is 4. The van der Waals surface area contributed by atoms with E-state index >= 15 is 0 Å². The smallest absolute Gasteiger partial charge is 0.189 e. The molecule has 1 saturated heterocycles. The summed E-state index contributed by atoms with van der Waals surface area (Å²) < 4.78 is 0. The van der Waals surface area contributed by atoms with Crippen molar-refractivity contribution in [3.05, 3.63) is 34.0 Å². The molecule has 0 bridgehead atoms. The Morgan fingerprint density at radius 1 is 1.56 bits per heavy atom. The Bertz CT molecular complexity index is 408. The SMILES string of the molecule is O=N/N=C1\SCCN1Cc1ccc(Cl)nc1. The summed E-state index contributed by atoms with van der Waals surface area (Å²) in [6.45, 7) is 1.53. The molecule has 1 aliphatic rings. The predicted molar refractivity (Wildman–Crippen MR) is 65.3 cm³/mol. The van der Waals surface area contributed by atoms with Gasteiger partial charge in [0.05, 0.1) is 5.29 Å². The largest absolute Gasteiger partial charge is 0.344 e. The highest BCUT2D eigenvalue weighted by molar-refractivity contribution is 8.14. The number of thioether (sulfide) groups is 1. The molecule has 2 heterocycles. The molecule has 0 amide bonds. The number of hydrogen-bond donors (Lipinski definition) is 0. The van der Waals surface area contributed by atoms with Gasteiger partial charge in [0.25, 0.3) is 0 Å². The standard InChI is InChI=1S/C9H9ClN4OS/c10-8-2-1-7(5-11-8)6-14-3-4-16-9(14)12-13-15/h1-2,5H,3-4,6H2/b12-9-. The van der Waals surface area contributed by atoms with Gasteiger partial charge in [0.2, 0.25) is 0 Å². The van der Waals surface area contributed by atoms with Crippen LogP contribution in [0.4, 0.5) is 0 Å². The van der Waals surface area contributed by atoms with Crippen LogP contribution in [0.5, 0.6) is 0 Å². The number of aromatic nitrogens is 1. The first-order valence-corrected chi connectivity index (χ1v) is 6.04. The van der Waals surface area contributed by atoms with Crippen LogP contribution in [0, 0.1) is 4.91 Å². The summed E-state index contributed by atoms with van der Waals surface area (Å²) in [4.78, 5) is 16.1. The quantitative estimate of drug-likeness (QED) is 0.473. The van der Waals surface area contributed by atoms with Gasteiger partial charge in [-0.25, -0.2) is 4.98 Å². The highest BCUT2D eigenvalue weighted by atomic mass is 35.5. The topological polar surface area (TPSA) is 57.9 Å². The van der Waals surface area contributed by atoms with E-state index in [2.05, 4.69) is 15.4 Å². The zero-order valence-corrected chi connectivity index (χ0v) is 9.91. The van der Waals surface area contributed by atoms with E-state index in [1.54, 1.807) is 12.3 Å². The zero-order valence-electron chi connectivity index (χ0n) is 8.34. The van der Waals surface area contributed by atoms with Crippen molar-refractivity contribution in [2.75, 3.05) is 12.3 Å². The van der Waals surface area contributed by atoms with E-state index in [0.29, 0.717) is 16.9 Å². The first kappa shape index (κ1) is 11.3. The summed E-state index contributed by atoms with van der Waals surface area (Å²) in [6, 6.07) is 3.65. The van der Waals surface area contributed by atoms with Crippen LogP contribution in [0.1, 0.15) is 5.56 Å². The van der Waals surface area contributed by atoms with Crippen molar-refractivity contribution in [2.24, 2.45) is 10.4 Å². The second-order valence-corrected chi connectivity index (χ2v) is 4.67. The van der Waals surface area contributed by atoms with Crippen molar-refractivity contribution in [3.63, 3.8) is 0 Å². The lowest BCUT2D eigenvalue weighted by molar-refractivity contribution is 0.455. The van der Waals surface area contributed by atoms with Gasteiger partial charge >= 0.3 is 0 Å². The molecule has 1 fully saturated rings. The second-order valence-electron chi connectivity index (χ2n) is 3.22. The van der Waals surface area contributed by atoms with Crippen molar-refractivity contribution in [1.29, 1.82) is 0 Å². The fourth-order valence-electron chi connectivity index (χ4n) is 1.43. The summed E-state index contributed by atoms with van der Waals surface area (Å²) in [6.07, 6.45) is 1.72. The van der Waals surface area contributed by atoms with Gasteiger partial charge in [-0.2, -0.15) is 0 Å². The number of halogens is 1. The van der Waals surface area contributed by atoms with Crippen molar-refractivity contribution >= 4 is 28.5 Å². The Labute approximate surface area is 102 Å². The van der Waals surface area contributed by atoms with E-state index in [0.717, 1.165) is 17.9 Å². The van der Waals surface area contributed by atoms with Crippen LogP contribution in [-0.2, 0) is 6.54 Å². The van der Waals surface area contributed by atoms with E-state index in [4.69, 9.17) is 11.6 Å². The second kappa shape index (κ2) is 5.27. The van der Waals surface area contributed by atoms with E-state index in [9.17, 15) is 4.91 Å². The van der Waals surface area contributed by atoms with Crippen LogP contribution in [0.3, 0.4) is 0 Å². The van der Waals surface area contributed by atoms with Crippen LogP contribution in [0.15, 0.2) is 28.7 Å². The Kier molecular flexibility index (Phi) is 3.74. The van der Waals surface area contributed by atoms with Gasteiger partial charge < -0.3 is 4.90 Å². The van der Waals surface area contributed by atoms with E-state index < -0.39 is 0 Å². The predicted octanol–water partition coefficient (Wildman–Crippen LogP) is 2.32. The molecule has 0 atom stereocenters. The lowest BCUT2D eigenvalue weighted by atomic mass is 10.3. The third kappa shape index (κ3) is 2.70. The first-order valence-electron chi connectivity index (χ1n) is 4.68. The fourth-order valence-corrected chi connectivity index (χ4v) is 2.46. The first-order chi connectivity index (χ1) is 7.79. The van der Waals surface area contributed by atoms with Gasteiger partial charge in [-0.1, -0.05) is 34.5 Å². The molecule has 16 heavy (non-hydrogen) atoms. The molecule has 5 nitrogen and oxygen atoms in total. The van der Waals surface area contributed by atoms with Gasteiger partial charge in [0.1, 0.15) is 5.15 Å². The van der Waals surface area contributed by atoms with Crippen LogP contribution in [0.25, 0.3) is 0 Å². The number of pyridine rings is 1. The molecular weight excluding hydrogens is 248 g/mol.